The Hall–Kier alpha value is -3.20. The second-order valence-electron chi connectivity index (χ2n) is 5.54. The molecule has 0 spiro atoms. The summed E-state index contributed by atoms with van der Waals surface area (Å²) in [6, 6.07) is 10.8. The van der Waals surface area contributed by atoms with E-state index in [1.807, 2.05) is 13.0 Å². The van der Waals surface area contributed by atoms with Crippen molar-refractivity contribution in [1.82, 2.24) is 4.98 Å². The van der Waals surface area contributed by atoms with E-state index >= 15 is 0 Å². The van der Waals surface area contributed by atoms with Gasteiger partial charge in [0.2, 0.25) is 0 Å². The number of ether oxygens (including phenoxy) is 3. The van der Waals surface area contributed by atoms with Gasteiger partial charge in [-0.25, -0.2) is 14.2 Å². The minimum atomic E-state index is -0.745. The standard InChI is InChI=1S/C19H17FN2O5S/c1-2-25-14-6-7-15-16(9-14)28-19(21-15)22-17(23)10-27-18(24)11-26-13-5-3-4-12(20)8-13/h3-9H,2,10-11H2,1H3,(H,21,22,23). The van der Waals surface area contributed by atoms with Crippen LogP contribution in [0.1, 0.15) is 6.92 Å². The van der Waals surface area contributed by atoms with Crippen molar-refractivity contribution >= 4 is 38.6 Å². The van der Waals surface area contributed by atoms with Crippen molar-refractivity contribution < 1.29 is 28.2 Å². The number of carbonyl (C=O) groups is 2. The molecule has 0 aliphatic heterocycles. The Balaban J connectivity index is 1.47. The van der Waals surface area contributed by atoms with E-state index in [1.54, 1.807) is 12.1 Å². The quantitative estimate of drug-likeness (QED) is 0.579. The molecule has 0 saturated carbocycles. The van der Waals surface area contributed by atoms with E-state index in [4.69, 9.17) is 14.2 Å². The third-order valence-corrected chi connectivity index (χ3v) is 4.37. The first-order valence-corrected chi connectivity index (χ1v) is 9.22. The van der Waals surface area contributed by atoms with Crippen LogP contribution >= 0.6 is 11.3 Å². The van der Waals surface area contributed by atoms with E-state index in [1.165, 1.54) is 29.5 Å². The topological polar surface area (TPSA) is 86.8 Å². The van der Waals surface area contributed by atoms with E-state index < -0.39 is 30.9 Å². The molecule has 9 heteroatoms. The Morgan fingerprint density at radius 1 is 1.11 bits per heavy atom. The monoisotopic (exact) mass is 404 g/mol. The van der Waals surface area contributed by atoms with Crippen molar-refractivity contribution in [1.29, 1.82) is 0 Å². The average Bonchev–Trinajstić information content (AvgIpc) is 3.06. The summed E-state index contributed by atoms with van der Waals surface area (Å²) in [5, 5.41) is 2.97. The van der Waals surface area contributed by atoms with Crippen LogP contribution in [0.4, 0.5) is 9.52 Å². The number of carbonyl (C=O) groups excluding carboxylic acids is 2. The number of hydrogen-bond acceptors (Lipinski definition) is 7. The highest BCUT2D eigenvalue weighted by Gasteiger charge is 2.12. The second-order valence-corrected chi connectivity index (χ2v) is 6.57. The molecule has 1 N–H and O–H groups in total. The van der Waals surface area contributed by atoms with Gasteiger partial charge in [0.15, 0.2) is 18.3 Å². The largest absolute Gasteiger partial charge is 0.494 e. The number of esters is 1. The summed E-state index contributed by atoms with van der Waals surface area (Å²) in [6.07, 6.45) is 0. The SMILES string of the molecule is CCOc1ccc2nc(NC(=O)COC(=O)COc3cccc(F)c3)sc2c1. The van der Waals surface area contributed by atoms with E-state index in [2.05, 4.69) is 10.3 Å². The minimum Gasteiger partial charge on any atom is -0.494 e. The lowest BCUT2D eigenvalue weighted by Crippen LogP contribution is -2.23. The summed E-state index contributed by atoms with van der Waals surface area (Å²) < 4.78 is 29.3. The predicted octanol–water partition coefficient (Wildman–Crippen LogP) is 3.39. The number of anilines is 1. The van der Waals surface area contributed by atoms with Crippen LogP contribution in [0.15, 0.2) is 42.5 Å². The molecular weight excluding hydrogens is 387 g/mol. The van der Waals surface area contributed by atoms with Crippen molar-refractivity contribution in [2.75, 3.05) is 25.1 Å². The van der Waals surface area contributed by atoms with Crippen LogP contribution < -0.4 is 14.8 Å². The summed E-state index contributed by atoms with van der Waals surface area (Å²) in [5.74, 6) is -0.825. The molecule has 1 aromatic heterocycles. The number of amides is 1. The number of benzene rings is 2. The zero-order valence-corrected chi connectivity index (χ0v) is 15.8. The Morgan fingerprint density at radius 2 is 1.93 bits per heavy atom. The van der Waals surface area contributed by atoms with Gasteiger partial charge in [0, 0.05) is 6.07 Å². The molecule has 0 saturated heterocycles. The number of aromatic nitrogens is 1. The molecule has 1 heterocycles. The Morgan fingerprint density at radius 3 is 2.71 bits per heavy atom. The lowest BCUT2D eigenvalue weighted by Gasteiger charge is -2.06. The number of thiazole rings is 1. The van der Waals surface area contributed by atoms with Crippen molar-refractivity contribution in [2.45, 2.75) is 6.92 Å². The third kappa shape index (κ3) is 5.40. The van der Waals surface area contributed by atoms with Gasteiger partial charge in [-0.3, -0.25) is 10.1 Å². The molecule has 146 valence electrons. The Kier molecular flexibility index (Phi) is 6.38. The fraction of sp³-hybridized carbons (Fsp3) is 0.211. The van der Waals surface area contributed by atoms with Crippen LogP contribution in [0.5, 0.6) is 11.5 Å². The van der Waals surface area contributed by atoms with Gasteiger partial charge in [-0.15, -0.1) is 0 Å². The maximum atomic E-state index is 13.0. The van der Waals surface area contributed by atoms with Crippen molar-refractivity contribution in [3.63, 3.8) is 0 Å². The Bertz CT molecular complexity index is 991. The maximum absolute atomic E-state index is 13.0. The molecular formula is C19H17FN2O5S. The molecule has 1 amide bonds. The molecule has 0 aliphatic rings. The van der Waals surface area contributed by atoms with Crippen molar-refractivity contribution in [3.8, 4) is 11.5 Å². The summed E-state index contributed by atoms with van der Waals surface area (Å²) >= 11 is 1.29. The molecule has 0 fully saturated rings. The van der Waals surface area contributed by atoms with E-state index in [-0.39, 0.29) is 5.75 Å². The smallest absolute Gasteiger partial charge is 0.344 e. The van der Waals surface area contributed by atoms with E-state index in [0.29, 0.717) is 11.7 Å². The number of halogens is 1. The number of nitrogens with one attached hydrogen (secondary N) is 1. The van der Waals surface area contributed by atoms with Gasteiger partial charge in [-0.2, -0.15) is 0 Å². The van der Waals surface area contributed by atoms with Gasteiger partial charge in [0.1, 0.15) is 17.3 Å². The van der Waals surface area contributed by atoms with Crippen LogP contribution in [-0.2, 0) is 14.3 Å². The van der Waals surface area contributed by atoms with Crippen LogP contribution in [0, 0.1) is 5.82 Å². The number of fused-ring (bicyclic) bond motifs is 1. The van der Waals surface area contributed by atoms with E-state index in [0.717, 1.165) is 22.0 Å². The highest BCUT2D eigenvalue weighted by atomic mass is 32.1. The first-order chi connectivity index (χ1) is 13.5. The maximum Gasteiger partial charge on any atom is 0.344 e. The molecule has 0 atom stereocenters. The van der Waals surface area contributed by atoms with Gasteiger partial charge in [0.25, 0.3) is 5.91 Å². The summed E-state index contributed by atoms with van der Waals surface area (Å²) in [5.41, 5.74) is 0.726. The molecule has 3 rings (SSSR count). The van der Waals surface area contributed by atoms with Gasteiger partial charge in [-0.05, 0) is 37.3 Å². The fourth-order valence-corrected chi connectivity index (χ4v) is 3.17. The second kappa shape index (κ2) is 9.14. The molecule has 28 heavy (non-hydrogen) atoms. The normalized spacial score (nSPS) is 10.5. The average molecular weight is 404 g/mol. The highest BCUT2D eigenvalue weighted by molar-refractivity contribution is 7.22. The first kappa shape index (κ1) is 19.6. The molecule has 2 aromatic carbocycles. The summed E-state index contributed by atoms with van der Waals surface area (Å²) in [7, 11) is 0. The van der Waals surface area contributed by atoms with Crippen LogP contribution in [0.3, 0.4) is 0 Å². The molecule has 0 radical (unpaired) electrons. The lowest BCUT2D eigenvalue weighted by molar-refractivity contribution is -0.149. The lowest BCUT2D eigenvalue weighted by atomic mass is 10.3. The van der Waals surface area contributed by atoms with Crippen LogP contribution in [-0.4, -0.2) is 36.7 Å². The molecule has 0 aliphatic carbocycles. The summed E-state index contributed by atoms with van der Waals surface area (Å²) in [6.45, 7) is 1.54. The molecule has 7 nitrogen and oxygen atoms in total. The van der Waals surface area contributed by atoms with Gasteiger partial charge in [0.05, 0.1) is 16.8 Å². The third-order valence-electron chi connectivity index (χ3n) is 3.43. The van der Waals surface area contributed by atoms with Gasteiger partial charge in [-0.1, -0.05) is 17.4 Å². The number of nitrogens with zero attached hydrogens (tertiary/aromatic N) is 1. The molecule has 0 unspecified atom stereocenters. The number of hydrogen-bond donors (Lipinski definition) is 1. The summed E-state index contributed by atoms with van der Waals surface area (Å²) in [4.78, 5) is 27.9. The molecule has 3 aromatic rings. The zero-order valence-electron chi connectivity index (χ0n) is 14.9. The van der Waals surface area contributed by atoms with Gasteiger partial charge >= 0.3 is 5.97 Å². The van der Waals surface area contributed by atoms with Crippen LogP contribution in [0.2, 0.25) is 0 Å². The minimum absolute atomic E-state index is 0.197. The van der Waals surface area contributed by atoms with Crippen molar-refractivity contribution in [3.05, 3.63) is 48.3 Å². The first-order valence-electron chi connectivity index (χ1n) is 8.40. The highest BCUT2D eigenvalue weighted by Crippen LogP contribution is 2.29. The number of rotatable bonds is 8. The van der Waals surface area contributed by atoms with Crippen molar-refractivity contribution in [2.24, 2.45) is 0 Å². The zero-order chi connectivity index (χ0) is 19.9. The fourth-order valence-electron chi connectivity index (χ4n) is 2.26. The van der Waals surface area contributed by atoms with Gasteiger partial charge < -0.3 is 14.2 Å². The predicted molar refractivity (Wildman–Crippen MR) is 102 cm³/mol. The van der Waals surface area contributed by atoms with Crippen LogP contribution in [0.25, 0.3) is 10.2 Å². The Labute approximate surface area is 164 Å². The molecule has 0 bridgehead atoms. The van der Waals surface area contributed by atoms with E-state index in [9.17, 15) is 14.0 Å².